The van der Waals surface area contributed by atoms with Crippen LogP contribution >= 0.6 is 0 Å². The average Bonchev–Trinajstić information content (AvgIpc) is 3.43. The van der Waals surface area contributed by atoms with Crippen LogP contribution in [0.4, 0.5) is 30.9 Å². The highest BCUT2D eigenvalue weighted by atomic mass is 19.1. The molecule has 2 aromatic heterocycles. The summed E-state index contributed by atoms with van der Waals surface area (Å²) in [6.07, 6.45) is 4.57. The summed E-state index contributed by atoms with van der Waals surface area (Å²) in [7, 11) is 1.74. The summed E-state index contributed by atoms with van der Waals surface area (Å²) in [5.41, 5.74) is 0.556. The number of nitro groups is 1. The molecule has 0 spiro atoms. The molecule has 1 aliphatic rings. The molecule has 33 heavy (non-hydrogen) atoms. The lowest BCUT2D eigenvalue weighted by molar-refractivity contribution is -0.384. The summed E-state index contributed by atoms with van der Waals surface area (Å²) in [6, 6.07) is 4.78. The minimum atomic E-state index is -0.680. The summed E-state index contributed by atoms with van der Waals surface area (Å²) in [5, 5.41) is 20.5. The molecule has 1 atom stereocenters. The number of hydrogen-bond acceptors (Lipinski definition) is 6. The third kappa shape index (κ3) is 4.89. The number of rotatable bonds is 6. The van der Waals surface area contributed by atoms with Crippen molar-refractivity contribution < 1.29 is 18.5 Å². The SMILES string of the molecule is Cn1cc(CNC(=O)Nc2nc(N3CCC[C@@H]3c3cc(F)ccc3F)ccc2[N+](=O)[O-])cn1. The topological polar surface area (TPSA) is 118 Å². The fourth-order valence-electron chi connectivity index (χ4n) is 3.87. The highest BCUT2D eigenvalue weighted by Crippen LogP contribution is 2.38. The van der Waals surface area contributed by atoms with Crippen LogP contribution in [0.3, 0.4) is 0 Å². The molecule has 2 N–H and O–H groups in total. The molecule has 3 aromatic rings. The van der Waals surface area contributed by atoms with E-state index >= 15 is 0 Å². The van der Waals surface area contributed by atoms with Gasteiger partial charge in [0, 0.05) is 43.5 Å². The molecule has 4 rings (SSSR count). The number of carbonyl (C=O) groups is 1. The number of hydrogen-bond donors (Lipinski definition) is 2. The molecule has 172 valence electrons. The van der Waals surface area contributed by atoms with Gasteiger partial charge in [-0.2, -0.15) is 5.10 Å². The number of amides is 2. The first-order valence-electron chi connectivity index (χ1n) is 10.2. The normalized spacial score (nSPS) is 15.5. The van der Waals surface area contributed by atoms with Crippen LogP contribution in [0.5, 0.6) is 0 Å². The van der Waals surface area contributed by atoms with E-state index in [2.05, 4.69) is 20.7 Å². The fraction of sp³-hybridized carbons (Fsp3) is 0.286. The van der Waals surface area contributed by atoms with E-state index in [1.54, 1.807) is 29.0 Å². The zero-order valence-corrected chi connectivity index (χ0v) is 17.7. The molecule has 0 unspecified atom stereocenters. The first-order chi connectivity index (χ1) is 15.8. The molecule has 12 heteroatoms. The summed E-state index contributed by atoms with van der Waals surface area (Å²) < 4.78 is 29.7. The van der Waals surface area contributed by atoms with Crippen LogP contribution in [-0.4, -0.2) is 32.3 Å². The number of pyridine rings is 1. The van der Waals surface area contributed by atoms with E-state index in [9.17, 15) is 23.7 Å². The Bertz CT molecular complexity index is 1200. The van der Waals surface area contributed by atoms with Crippen molar-refractivity contribution in [2.24, 2.45) is 7.05 Å². The minimum Gasteiger partial charge on any atom is -0.349 e. The van der Waals surface area contributed by atoms with Crippen LogP contribution in [0, 0.1) is 21.7 Å². The first kappa shape index (κ1) is 22.1. The van der Waals surface area contributed by atoms with Gasteiger partial charge in [-0.05, 0) is 37.1 Å². The van der Waals surface area contributed by atoms with Gasteiger partial charge in [-0.25, -0.2) is 18.6 Å². The maximum atomic E-state index is 14.4. The van der Waals surface area contributed by atoms with Crippen LogP contribution in [0.25, 0.3) is 0 Å². The van der Waals surface area contributed by atoms with Crippen molar-refractivity contribution in [1.29, 1.82) is 0 Å². The predicted molar refractivity (Wildman–Crippen MR) is 116 cm³/mol. The molecule has 10 nitrogen and oxygen atoms in total. The Balaban J connectivity index is 1.57. The number of halogens is 2. The number of aromatic nitrogens is 3. The molecule has 3 heterocycles. The lowest BCUT2D eigenvalue weighted by Crippen LogP contribution is -2.29. The second-order valence-corrected chi connectivity index (χ2v) is 7.64. The lowest BCUT2D eigenvalue weighted by Gasteiger charge is -2.26. The van der Waals surface area contributed by atoms with Crippen LogP contribution < -0.4 is 15.5 Å². The van der Waals surface area contributed by atoms with Crippen molar-refractivity contribution in [3.05, 3.63) is 75.6 Å². The van der Waals surface area contributed by atoms with Gasteiger partial charge in [-0.1, -0.05) is 0 Å². The quantitative estimate of drug-likeness (QED) is 0.431. The Morgan fingerprint density at radius 3 is 2.85 bits per heavy atom. The summed E-state index contributed by atoms with van der Waals surface area (Å²) in [6.45, 7) is 0.665. The molecule has 0 radical (unpaired) electrons. The van der Waals surface area contributed by atoms with Crippen molar-refractivity contribution in [2.75, 3.05) is 16.8 Å². The largest absolute Gasteiger partial charge is 0.349 e. The standard InChI is InChI=1S/C21H21F2N7O3/c1-28-12-13(11-25-28)10-24-21(31)27-20-18(30(32)33)6-7-19(26-20)29-8-2-3-17(29)15-9-14(22)4-5-16(15)23/h4-7,9,11-12,17H,2-3,8,10H2,1H3,(H2,24,26,27,31)/t17-/m1/s1. The van der Waals surface area contributed by atoms with E-state index in [0.717, 1.165) is 23.8 Å². The molecule has 2 amide bonds. The summed E-state index contributed by atoms with van der Waals surface area (Å²) in [4.78, 5) is 29.2. The lowest BCUT2D eigenvalue weighted by atomic mass is 10.0. The maximum Gasteiger partial charge on any atom is 0.320 e. The zero-order chi connectivity index (χ0) is 23.5. The van der Waals surface area contributed by atoms with Crippen molar-refractivity contribution in [3.8, 4) is 0 Å². The van der Waals surface area contributed by atoms with Gasteiger partial charge in [0.15, 0.2) is 0 Å². The number of urea groups is 1. The Morgan fingerprint density at radius 1 is 1.30 bits per heavy atom. The molecule has 1 fully saturated rings. The summed E-state index contributed by atoms with van der Waals surface area (Å²) >= 11 is 0. The molecule has 1 saturated heterocycles. The number of nitrogens with one attached hydrogen (secondary N) is 2. The van der Waals surface area contributed by atoms with Crippen LogP contribution in [0.1, 0.15) is 30.0 Å². The van der Waals surface area contributed by atoms with E-state index in [1.807, 2.05) is 0 Å². The highest BCUT2D eigenvalue weighted by molar-refractivity contribution is 5.90. The molecule has 0 saturated carbocycles. The van der Waals surface area contributed by atoms with Gasteiger partial charge in [0.25, 0.3) is 0 Å². The predicted octanol–water partition coefficient (Wildman–Crippen LogP) is 3.66. The smallest absolute Gasteiger partial charge is 0.320 e. The third-order valence-corrected chi connectivity index (χ3v) is 5.36. The number of aryl methyl sites for hydroxylation is 1. The number of nitrogens with zero attached hydrogens (tertiary/aromatic N) is 5. The van der Waals surface area contributed by atoms with Gasteiger partial charge >= 0.3 is 11.7 Å². The Kier molecular flexibility index (Phi) is 6.16. The fourth-order valence-corrected chi connectivity index (χ4v) is 3.87. The molecule has 0 bridgehead atoms. The van der Waals surface area contributed by atoms with Gasteiger partial charge in [0.05, 0.1) is 17.2 Å². The average molecular weight is 457 g/mol. The second kappa shape index (κ2) is 9.18. The zero-order valence-electron chi connectivity index (χ0n) is 17.7. The molecule has 1 aliphatic heterocycles. The van der Waals surface area contributed by atoms with E-state index < -0.39 is 28.6 Å². The Hall–Kier alpha value is -4.09. The van der Waals surface area contributed by atoms with Crippen LogP contribution in [0.2, 0.25) is 0 Å². The van der Waals surface area contributed by atoms with E-state index in [4.69, 9.17) is 0 Å². The number of benzene rings is 1. The third-order valence-electron chi connectivity index (χ3n) is 5.36. The monoisotopic (exact) mass is 457 g/mol. The minimum absolute atomic E-state index is 0.167. The van der Waals surface area contributed by atoms with Gasteiger partial charge in [0.2, 0.25) is 5.82 Å². The second-order valence-electron chi connectivity index (χ2n) is 7.64. The van der Waals surface area contributed by atoms with E-state index in [0.29, 0.717) is 25.2 Å². The molecular formula is C21H21F2N7O3. The van der Waals surface area contributed by atoms with Crippen molar-refractivity contribution >= 4 is 23.4 Å². The summed E-state index contributed by atoms with van der Waals surface area (Å²) in [5.74, 6) is -1.02. The Labute approximate surface area is 187 Å². The number of anilines is 2. The van der Waals surface area contributed by atoms with Crippen molar-refractivity contribution in [3.63, 3.8) is 0 Å². The first-order valence-corrected chi connectivity index (χ1v) is 10.2. The van der Waals surface area contributed by atoms with Crippen LogP contribution in [0.15, 0.2) is 42.7 Å². The Morgan fingerprint density at radius 2 is 2.12 bits per heavy atom. The highest BCUT2D eigenvalue weighted by Gasteiger charge is 2.31. The van der Waals surface area contributed by atoms with Crippen molar-refractivity contribution in [1.82, 2.24) is 20.1 Å². The maximum absolute atomic E-state index is 14.4. The van der Waals surface area contributed by atoms with Crippen LogP contribution in [-0.2, 0) is 13.6 Å². The van der Waals surface area contributed by atoms with E-state index in [1.165, 1.54) is 12.1 Å². The molecular weight excluding hydrogens is 436 g/mol. The molecule has 0 aliphatic carbocycles. The van der Waals surface area contributed by atoms with Gasteiger partial charge in [-0.3, -0.25) is 20.1 Å². The van der Waals surface area contributed by atoms with Gasteiger partial charge < -0.3 is 10.2 Å². The van der Waals surface area contributed by atoms with Crippen molar-refractivity contribution in [2.45, 2.75) is 25.4 Å². The molecule has 1 aromatic carbocycles. The van der Waals surface area contributed by atoms with Gasteiger partial charge in [-0.15, -0.1) is 0 Å². The van der Waals surface area contributed by atoms with E-state index in [-0.39, 0.29) is 23.6 Å². The number of carbonyl (C=O) groups excluding carboxylic acids is 1. The van der Waals surface area contributed by atoms with Gasteiger partial charge in [0.1, 0.15) is 17.5 Å².